The van der Waals surface area contributed by atoms with Gasteiger partial charge in [0.2, 0.25) is 0 Å². The molecule has 0 spiro atoms. The first-order chi connectivity index (χ1) is 17.8. The number of hydrogen-bond donors (Lipinski definition) is 0. The maximum Gasteiger partial charge on any atom is 0.0719 e. The summed E-state index contributed by atoms with van der Waals surface area (Å²) >= 11 is 1.90. The van der Waals surface area contributed by atoms with Gasteiger partial charge in [0.15, 0.2) is 0 Å². The highest BCUT2D eigenvalue weighted by Crippen LogP contribution is 2.43. The molecule has 168 valence electrons. The average molecular weight is 476 g/mol. The fourth-order valence-electron chi connectivity index (χ4n) is 5.69. The second kappa shape index (κ2) is 7.55. The summed E-state index contributed by atoms with van der Waals surface area (Å²) in [4.78, 5) is 0. The molecule has 0 aliphatic carbocycles. The second-order valence-corrected chi connectivity index (χ2v) is 10.5. The summed E-state index contributed by atoms with van der Waals surface area (Å²) in [5.74, 6) is 0. The lowest BCUT2D eigenvalue weighted by atomic mass is 10.0. The molecule has 0 atom stereocenters. The van der Waals surface area contributed by atoms with Gasteiger partial charge in [0.1, 0.15) is 0 Å². The quantitative estimate of drug-likeness (QED) is 0.234. The minimum atomic E-state index is 1.19. The van der Waals surface area contributed by atoms with Crippen molar-refractivity contribution in [2.75, 3.05) is 0 Å². The molecule has 1 nitrogen and oxygen atoms in total. The SMILES string of the molecule is c1cc(-c2ccc3ccccc3c2)cc(-n2c3ccccc3c3ccc4c5ccccc5sc4c32)c1. The van der Waals surface area contributed by atoms with E-state index in [4.69, 9.17) is 0 Å². The van der Waals surface area contributed by atoms with Crippen LogP contribution in [-0.4, -0.2) is 4.57 Å². The molecule has 0 aliphatic rings. The van der Waals surface area contributed by atoms with E-state index >= 15 is 0 Å². The van der Waals surface area contributed by atoms with E-state index in [0.29, 0.717) is 0 Å². The van der Waals surface area contributed by atoms with Gasteiger partial charge in [-0.2, -0.15) is 0 Å². The molecule has 0 saturated carbocycles. The molecule has 6 aromatic carbocycles. The number of benzene rings is 6. The molecule has 0 N–H and O–H groups in total. The standard InChI is InChI=1S/C34H21NS/c1-2-9-23-20-25(17-16-22(23)8-1)24-10-7-11-26(21-24)35-31-14-5-3-12-27(31)29-18-19-30-28-13-4-6-15-32(28)36-34(30)33(29)35/h1-21H. The fourth-order valence-corrected chi connectivity index (χ4v) is 6.93. The maximum atomic E-state index is 2.47. The molecular weight excluding hydrogens is 454 g/mol. The van der Waals surface area contributed by atoms with Crippen molar-refractivity contribution in [3.8, 4) is 16.8 Å². The van der Waals surface area contributed by atoms with E-state index in [1.807, 2.05) is 11.3 Å². The molecule has 8 rings (SSSR count). The Hall–Kier alpha value is -4.40. The van der Waals surface area contributed by atoms with Crippen LogP contribution in [0.2, 0.25) is 0 Å². The number of aromatic nitrogens is 1. The molecule has 0 unspecified atom stereocenters. The molecule has 0 saturated heterocycles. The summed E-state index contributed by atoms with van der Waals surface area (Å²) in [6.45, 7) is 0. The minimum Gasteiger partial charge on any atom is -0.308 e. The van der Waals surface area contributed by atoms with Gasteiger partial charge in [-0.1, -0.05) is 97.1 Å². The lowest BCUT2D eigenvalue weighted by Gasteiger charge is -2.11. The van der Waals surface area contributed by atoms with Gasteiger partial charge in [-0.15, -0.1) is 11.3 Å². The molecule has 0 fully saturated rings. The Labute approximate surface area is 212 Å². The van der Waals surface area contributed by atoms with Crippen LogP contribution in [0.3, 0.4) is 0 Å². The van der Waals surface area contributed by atoms with E-state index in [1.165, 1.54) is 69.6 Å². The lowest BCUT2D eigenvalue weighted by Crippen LogP contribution is -1.94. The van der Waals surface area contributed by atoms with E-state index in [0.717, 1.165) is 0 Å². The van der Waals surface area contributed by atoms with Crippen LogP contribution in [0.4, 0.5) is 0 Å². The van der Waals surface area contributed by atoms with E-state index in [-0.39, 0.29) is 0 Å². The van der Waals surface area contributed by atoms with E-state index in [1.54, 1.807) is 0 Å². The molecule has 0 bridgehead atoms. The Morgan fingerprint density at radius 2 is 1.22 bits per heavy atom. The first-order valence-corrected chi connectivity index (χ1v) is 13.1. The van der Waals surface area contributed by atoms with Crippen LogP contribution in [0.1, 0.15) is 0 Å². The van der Waals surface area contributed by atoms with Crippen LogP contribution in [0.5, 0.6) is 0 Å². The van der Waals surface area contributed by atoms with Gasteiger partial charge in [-0.05, 0) is 52.2 Å². The second-order valence-electron chi connectivity index (χ2n) is 9.40. The maximum absolute atomic E-state index is 2.47. The molecule has 0 radical (unpaired) electrons. The van der Waals surface area contributed by atoms with Crippen molar-refractivity contribution >= 4 is 64.1 Å². The van der Waals surface area contributed by atoms with Gasteiger partial charge in [0.05, 0.1) is 15.7 Å². The Balaban J connectivity index is 1.45. The molecule has 8 aromatic rings. The summed E-state index contributed by atoms with van der Waals surface area (Å²) in [6.07, 6.45) is 0. The Morgan fingerprint density at radius 1 is 0.472 bits per heavy atom. The van der Waals surface area contributed by atoms with Gasteiger partial charge in [0, 0.05) is 31.9 Å². The third-order valence-electron chi connectivity index (χ3n) is 7.37. The Bertz CT molecular complexity index is 2110. The van der Waals surface area contributed by atoms with Crippen molar-refractivity contribution in [3.63, 3.8) is 0 Å². The molecular formula is C34H21NS. The van der Waals surface area contributed by atoms with Crippen LogP contribution in [0, 0.1) is 0 Å². The number of nitrogens with zero attached hydrogens (tertiary/aromatic N) is 1. The molecule has 2 heterocycles. The minimum absolute atomic E-state index is 1.19. The number of hydrogen-bond acceptors (Lipinski definition) is 1. The third-order valence-corrected chi connectivity index (χ3v) is 8.56. The van der Waals surface area contributed by atoms with Crippen LogP contribution < -0.4 is 0 Å². The Kier molecular flexibility index (Phi) is 4.16. The van der Waals surface area contributed by atoms with Crippen LogP contribution in [-0.2, 0) is 0 Å². The van der Waals surface area contributed by atoms with Gasteiger partial charge in [0.25, 0.3) is 0 Å². The van der Waals surface area contributed by atoms with E-state index < -0.39 is 0 Å². The largest absolute Gasteiger partial charge is 0.308 e. The Morgan fingerprint density at radius 3 is 2.17 bits per heavy atom. The van der Waals surface area contributed by atoms with Crippen molar-refractivity contribution in [3.05, 3.63) is 127 Å². The van der Waals surface area contributed by atoms with Crippen LogP contribution in [0.15, 0.2) is 127 Å². The van der Waals surface area contributed by atoms with Crippen LogP contribution in [0.25, 0.3) is 69.6 Å². The molecule has 36 heavy (non-hydrogen) atoms. The number of para-hydroxylation sites is 1. The van der Waals surface area contributed by atoms with Gasteiger partial charge in [-0.3, -0.25) is 0 Å². The van der Waals surface area contributed by atoms with Gasteiger partial charge < -0.3 is 4.57 Å². The zero-order valence-electron chi connectivity index (χ0n) is 19.5. The summed E-state index contributed by atoms with van der Waals surface area (Å²) in [7, 11) is 0. The number of fused-ring (bicyclic) bond motifs is 8. The summed E-state index contributed by atoms with van der Waals surface area (Å²) in [5.41, 5.74) is 6.20. The van der Waals surface area contributed by atoms with Gasteiger partial charge in [-0.25, -0.2) is 0 Å². The number of thiophene rings is 1. The van der Waals surface area contributed by atoms with Crippen molar-refractivity contribution < 1.29 is 0 Å². The molecule has 0 aliphatic heterocycles. The topological polar surface area (TPSA) is 4.93 Å². The van der Waals surface area contributed by atoms with Crippen molar-refractivity contribution in [1.29, 1.82) is 0 Å². The predicted octanol–water partition coefficient (Wildman–Crippen LogP) is 9.97. The zero-order valence-corrected chi connectivity index (χ0v) is 20.3. The smallest absolute Gasteiger partial charge is 0.0719 e. The first kappa shape index (κ1) is 19.9. The molecule has 0 amide bonds. The van der Waals surface area contributed by atoms with Crippen molar-refractivity contribution in [2.45, 2.75) is 0 Å². The molecule has 2 aromatic heterocycles. The summed E-state index contributed by atoms with van der Waals surface area (Å²) < 4.78 is 5.15. The van der Waals surface area contributed by atoms with E-state index in [2.05, 4.69) is 132 Å². The average Bonchev–Trinajstić information content (AvgIpc) is 3.49. The van der Waals surface area contributed by atoms with Crippen LogP contribution >= 0.6 is 11.3 Å². The van der Waals surface area contributed by atoms with Crippen molar-refractivity contribution in [1.82, 2.24) is 4.57 Å². The van der Waals surface area contributed by atoms with E-state index in [9.17, 15) is 0 Å². The summed E-state index contributed by atoms with van der Waals surface area (Å²) in [5, 5.41) is 7.80. The highest BCUT2D eigenvalue weighted by molar-refractivity contribution is 7.26. The highest BCUT2D eigenvalue weighted by atomic mass is 32.1. The first-order valence-electron chi connectivity index (χ1n) is 12.3. The predicted molar refractivity (Wildman–Crippen MR) is 157 cm³/mol. The third kappa shape index (κ3) is 2.82. The lowest BCUT2D eigenvalue weighted by molar-refractivity contribution is 1.19. The van der Waals surface area contributed by atoms with Gasteiger partial charge >= 0.3 is 0 Å². The fraction of sp³-hybridized carbons (Fsp3) is 0. The number of rotatable bonds is 2. The zero-order chi connectivity index (χ0) is 23.6. The summed E-state index contributed by atoms with van der Waals surface area (Å²) in [6, 6.07) is 46.5. The molecule has 2 heteroatoms. The monoisotopic (exact) mass is 475 g/mol. The normalized spacial score (nSPS) is 11.9. The highest BCUT2D eigenvalue weighted by Gasteiger charge is 2.17. The van der Waals surface area contributed by atoms with Crippen molar-refractivity contribution in [2.24, 2.45) is 0 Å².